The predicted octanol–water partition coefficient (Wildman–Crippen LogP) is 6.68. The third-order valence-electron chi connectivity index (χ3n) is 7.71. The molecule has 0 spiro atoms. The van der Waals surface area contributed by atoms with Crippen molar-refractivity contribution < 1.29 is 27.2 Å². The van der Waals surface area contributed by atoms with Crippen LogP contribution in [0.1, 0.15) is 61.5 Å². The highest BCUT2D eigenvalue weighted by molar-refractivity contribution is 5.96. The lowest BCUT2D eigenvalue weighted by Gasteiger charge is -2.27. The van der Waals surface area contributed by atoms with Crippen molar-refractivity contribution >= 4 is 22.6 Å². The summed E-state index contributed by atoms with van der Waals surface area (Å²) in [6.45, 7) is 3.69. The highest BCUT2D eigenvalue weighted by atomic mass is 19.3. The molecule has 0 N–H and O–H groups in total. The molecule has 1 aliphatic heterocycles. The molecule has 0 bridgehead atoms. The number of aryl methyl sites for hydroxylation is 2. The SMILES string of the molecule is COc1ccc(N2C(=O)CC[C@H]2c2nc3cc(-c4c(C)noc4C)ccc3n2[C@@H]2CCC(F)(F)C2)cc1F. The standard InChI is InChI=1S/C28H27F3N4O3/c1-15-26(16(2)38-33-15)17-4-6-22-21(12-17)32-27(35(22)19-10-11-28(30,31)14-19)23-7-9-25(36)34(23)18-5-8-24(37-3)20(29)13-18/h4-6,8,12-13,19,23H,7,9-11,14H2,1-3H3/t19-,23+/m1/s1. The minimum Gasteiger partial charge on any atom is -0.494 e. The van der Waals surface area contributed by atoms with E-state index in [-0.39, 0.29) is 30.9 Å². The summed E-state index contributed by atoms with van der Waals surface area (Å²) in [5.74, 6) is -2.25. The van der Waals surface area contributed by atoms with Gasteiger partial charge in [0.25, 0.3) is 0 Å². The number of imidazole rings is 1. The first-order valence-electron chi connectivity index (χ1n) is 12.7. The third kappa shape index (κ3) is 3.93. The lowest BCUT2D eigenvalue weighted by molar-refractivity contribution is -0.117. The van der Waals surface area contributed by atoms with E-state index in [2.05, 4.69) is 5.16 Å². The van der Waals surface area contributed by atoms with E-state index in [1.165, 1.54) is 24.1 Å². The monoisotopic (exact) mass is 524 g/mol. The van der Waals surface area contributed by atoms with Crippen LogP contribution >= 0.6 is 0 Å². The van der Waals surface area contributed by atoms with Crippen LogP contribution in [0.5, 0.6) is 5.75 Å². The molecule has 0 unspecified atom stereocenters. The molecule has 3 heterocycles. The molecule has 1 amide bonds. The van der Waals surface area contributed by atoms with Gasteiger partial charge in [-0.3, -0.25) is 4.79 Å². The number of hydrogen-bond donors (Lipinski definition) is 0. The molecule has 1 saturated carbocycles. The number of anilines is 1. The van der Waals surface area contributed by atoms with Gasteiger partial charge in [-0.15, -0.1) is 0 Å². The Hall–Kier alpha value is -3.82. The number of alkyl halides is 2. The summed E-state index contributed by atoms with van der Waals surface area (Å²) in [4.78, 5) is 19.5. The molecule has 1 aliphatic carbocycles. The predicted molar refractivity (Wildman–Crippen MR) is 135 cm³/mol. The van der Waals surface area contributed by atoms with Crippen LogP contribution in [0.4, 0.5) is 18.9 Å². The first-order chi connectivity index (χ1) is 18.2. The van der Waals surface area contributed by atoms with Gasteiger partial charge in [-0.1, -0.05) is 11.2 Å². The number of amides is 1. The highest BCUT2D eigenvalue weighted by Gasteiger charge is 2.44. The van der Waals surface area contributed by atoms with Gasteiger partial charge in [-0.05, 0) is 56.5 Å². The maximum absolute atomic E-state index is 14.6. The van der Waals surface area contributed by atoms with E-state index >= 15 is 0 Å². The van der Waals surface area contributed by atoms with Crippen molar-refractivity contribution in [3.8, 4) is 16.9 Å². The topological polar surface area (TPSA) is 73.4 Å². The molecule has 10 heteroatoms. The van der Waals surface area contributed by atoms with E-state index in [9.17, 15) is 18.0 Å². The Morgan fingerprint density at radius 3 is 2.61 bits per heavy atom. The third-order valence-corrected chi connectivity index (χ3v) is 7.71. The molecule has 1 saturated heterocycles. The zero-order valence-electron chi connectivity index (χ0n) is 21.3. The average Bonchev–Trinajstić information content (AvgIpc) is 3.62. The van der Waals surface area contributed by atoms with E-state index in [1.807, 2.05) is 36.6 Å². The van der Waals surface area contributed by atoms with Gasteiger partial charge in [0.15, 0.2) is 11.6 Å². The Morgan fingerprint density at radius 1 is 1.13 bits per heavy atom. The molecular formula is C28H27F3N4O3. The fourth-order valence-corrected chi connectivity index (χ4v) is 5.99. The van der Waals surface area contributed by atoms with Gasteiger partial charge in [-0.25, -0.2) is 18.2 Å². The van der Waals surface area contributed by atoms with Gasteiger partial charge in [0.1, 0.15) is 11.6 Å². The highest BCUT2D eigenvalue weighted by Crippen LogP contribution is 2.46. The summed E-state index contributed by atoms with van der Waals surface area (Å²) < 4.78 is 55.6. The second-order valence-electron chi connectivity index (χ2n) is 10.1. The van der Waals surface area contributed by atoms with E-state index in [0.717, 1.165) is 22.3 Å². The Balaban J connectivity index is 1.50. The van der Waals surface area contributed by atoms with Crippen molar-refractivity contribution in [3.05, 3.63) is 59.5 Å². The summed E-state index contributed by atoms with van der Waals surface area (Å²) in [6.07, 6.45) is 0.483. The number of methoxy groups -OCH3 is 1. The number of rotatable bonds is 5. The second-order valence-corrected chi connectivity index (χ2v) is 10.1. The Kier molecular flexibility index (Phi) is 5.73. The van der Waals surface area contributed by atoms with Crippen molar-refractivity contribution in [2.24, 2.45) is 0 Å². The number of aromatic nitrogens is 3. The Morgan fingerprint density at radius 2 is 1.95 bits per heavy atom. The van der Waals surface area contributed by atoms with Crippen LogP contribution in [0.2, 0.25) is 0 Å². The van der Waals surface area contributed by atoms with Gasteiger partial charge < -0.3 is 18.7 Å². The number of halogens is 3. The number of benzene rings is 2. The van der Waals surface area contributed by atoms with E-state index in [0.29, 0.717) is 35.6 Å². The molecule has 2 aromatic carbocycles. The summed E-state index contributed by atoms with van der Waals surface area (Å²) in [7, 11) is 1.37. The zero-order valence-corrected chi connectivity index (χ0v) is 21.3. The number of carbonyl (C=O) groups excluding carboxylic acids is 1. The lowest BCUT2D eigenvalue weighted by atomic mass is 10.0. The molecule has 198 valence electrons. The van der Waals surface area contributed by atoms with E-state index in [1.54, 1.807) is 6.07 Å². The number of fused-ring (bicyclic) bond motifs is 1. The van der Waals surface area contributed by atoms with Crippen LogP contribution in [0.25, 0.3) is 22.2 Å². The van der Waals surface area contributed by atoms with Crippen molar-refractivity contribution in [1.82, 2.24) is 14.7 Å². The number of hydrogen-bond acceptors (Lipinski definition) is 5. The van der Waals surface area contributed by atoms with E-state index < -0.39 is 23.8 Å². The molecule has 2 atom stereocenters. The molecule has 2 fully saturated rings. The van der Waals surface area contributed by atoms with Crippen LogP contribution in [0, 0.1) is 19.7 Å². The molecule has 2 aliphatic rings. The molecule has 7 nitrogen and oxygen atoms in total. The van der Waals surface area contributed by atoms with Gasteiger partial charge in [0.2, 0.25) is 11.8 Å². The van der Waals surface area contributed by atoms with Crippen LogP contribution in [-0.4, -0.2) is 33.6 Å². The van der Waals surface area contributed by atoms with Crippen LogP contribution < -0.4 is 9.64 Å². The largest absolute Gasteiger partial charge is 0.494 e. The summed E-state index contributed by atoms with van der Waals surface area (Å²) in [6, 6.07) is 9.08. The van der Waals surface area contributed by atoms with Gasteiger partial charge in [-0.2, -0.15) is 0 Å². The molecule has 0 radical (unpaired) electrons. The molecule has 6 rings (SSSR count). The molecular weight excluding hydrogens is 497 g/mol. The van der Waals surface area contributed by atoms with Crippen molar-refractivity contribution in [2.45, 2.75) is 64.0 Å². The fraction of sp³-hybridized carbons (Fsp3) is 0.393. The van der Waals surface area contributed by atoms with Crippen LogP contribution in [0.3, 0.4) is 0 Å². The zero-order chi connectivity index (χ0) is 26.8. The first-order valence-corrected chi connectivity index (χ1v) is 12.7. The Bertz CT molecular complexity index is 1540. The van der Waals surface area contributed by atoms with E-state index in [4.69, 9.17) is 14.2 Å². The number of carbonyl (C=O) groups is 1. The fourth-order valence-electron chi connectivity index (χ4n) is 5.99. The normalized spacial score (nSPS) is 21.1. The average molecular weight is 525 g/mol. The molecule has 4 aromatic rings. The summed E-state index contributed by atoms with van der Waals surface area (Å²) in [5.41, 5.74) is 4.19. The number of ether oxygens (including phenoxy) is 1. The summed E-state index contributed by atoms with van der Waals surface area (Å²) >= 11 is 0. The molecule has 2 aromatic heterocycles. The van der Waals surface area contributed by atoms with Gasteiger partial charge in [0, 0.05) is 42.6 Å². The van der Waals surface area contributed by atoms with Crippen molar-refractivity contribution in [1.29, 1.82) is 0 Å². The van der Waals surface area contributed by atoms with Gasteiger partial charge >= 0.3 is 0 Å². The maximum Gasteiger partial charge on any atom is 0.250 e. The van der Waals surface area contributed by atoms with Crippen molar-refractivity contribution in [3.63, 3.8) is 0 Å². The van der Waals surface area contributed by atoms with Gasteiger partial charge in [0.05, 0.1) is 29.9 Å². The van der Waals surface area contributed by atoms with Crippen molar-refractivity contribution in [2.75, 3.05) is 12.0 Å². The number of nitrogens with zero attached hydrogens (tertiary/aromatic N) is 4. The molecule has 38 heavy (non-hydrogen) atoms. The minimum atomic E-state index is -2.76. The minimum absolute atomic E-state index is 0.0734. The smallest absolute Gasteiger partial charge is 0.250 e. The lowest BCUT2D eigenvalue weighted by Crippen LogP contribution is -2.30. The van der Waals surface area contributed by atoms with Crippen LogP contribution in [-0.2, 0) is 4.79 Å². The Labute approximate surface area is 217 Å². The first kappa shape index (κ1) is 24.5. The summed E-state index contributed by atoms with van der Waals surface area (Å²) in [5, 5.41) is 4.04. The quantitative estimate of drug-likeness (QED) is 0.291. The second kappa shape index (κ2) is 8.89. The maximum atomic E-state index is 14.6. The van der Waals surface area contributed by atoms with Crippen LogP contribution in [0.15, 0.2) is 40.9 Å².